The van der Waals surface area contributed by atoms with E-state index in [1.54, 1.807) is 0 Å². The number of ether oxygens (including phenoxy) is 1. The Bertz CT molecular complexity index is 568. The quantitative estimate of drug-likeness (QED) is 0.727. The molecular formula is C17H20BrNOS. The van der Waals surface area contributed by atoms with E-state index in [2.05, 4.69) is 58.5 Å². The van der Waals surface area contributed by atoms with Crippen molar-refractivity contribution in [3.63, 3.8) is 0 Å². The SMILES string of the molecule is Cc1sc(CNc2ccc(OC3CCCC3)cc2)cc1Br. The van der Waals surface area contributed by atoms with E-state index in [9.17, 15) is 0 Å². The zero-order valence-corrected chi connectivity index (χ0v) is 14.6. The van der Waals surface area contributed by atoms with Crippen LogP contribution in [0, 0.1) is 6.92 Å². The highest BCUT2D eigenvalue weighted by Crippen LogP contribution is 2.28. The van der Waals surface area contributed by atoms with Gasteiger partial charge < -0.3 is 10.1 Å². The van der Waals surface area contributed by atoms with Crippen LogP contribution < -0.4 is 10.1 Å². The van der Waals surface area contributed by atoms with Gasteiger partial charge in [-0.15, -0.1) is 11.3 Å². The van der Waals surface area contributed by atoms with E-state index in [0.717, 1.165) is 18.0 Å². The third-order valence-corrected chi connectivity index (χ3v) is 5.97. The highest BCUT2D eigenvalue weighted by atomic mass is 79.9. The zero-order valence-electron chi connectivity index (χ0n) is 12.2. The van der Waals surface area contributed by atoms with Crippen LogP contribution in [0.2, 0.25) is 0 Å². The maximum Gasteiger partial charge on any atom is 0.119 e. The summed E-state index contributed by atoms with van der Waals surface area (Å²) in [5.74, 6) is 0.988. The van der Waals surface area contributed by atoms with Gasteiger partial charge in [-0.1, -0.05) is 0 Å². The van der Waals surface area contributed by atoms with Crippen LogP contribution in [0.5, 0.6) is 5.75 Å². The number of rotatable bonds is 5. The van der Waals surface area contributed by atoms with Gasteiger partial charge in [-0.25, -0.2) is 0 Å². The lowest BCUT2D eigenvalue weighted by Gasteiger charge is -2.13. The molecule has 1 aliphatic carbocycles. The Balaban J connectivity index is 1.54. The van der Waals surface area contributed by atoms with Crippen LogP contribution in [0.25, 0.3) is 0 Å². The summed E-state index contributed by atoms with van der Waals surface area (Å²) < 4.78 is 7.18. The van der Waals surface area contributed by atoms with Gasteiger partial charge in [0, 0.05) is 26.5 Å². The molecule has 0 amide bonds. The van der Waals surface area contributed by atoms with Crippen molar-refractivity contribution < 1.29 is 4.74 Å². The molecule has 3 rings (SSSR count). The first kappa shape index (κ1) is 14.9. The summed E-state index contributed by atoms with van der Waals surface area (Å²) in [6.45, 7) is 2.99. The number of nitrogens with one attached hydrogen (secondary N) is 1. The molecule has 1 N–H and O–H groups in total. The minimum Gasteiger partial charge on any atom is -0.490 e. The second kappa shape index (κ2) is 6.84. The Morgan fingerprint density at radius 2 is 1.95 bits per heavy atom. The predicted octanol–water partition coefficient (Wildman–Crippen LogP) is 5.75. The molecule has 4 heteroatoms. The van der Waals surface area contributed by atoms with Crippen LogP contribution in [-0.4, -0.2) is 6.10 Å². The molecule has 0 bridgehead atoms. The van der Waals surface area contributed by atoms with Gasteiger partial charge in [0.1, 0.15) is 5.75 Å². The first-order chi connectivity index (χ1) is 10.2. The Labute approximate surface area is 138 Å². The number of benzene rings is 1. The minimum atomic E-state index is 0.426. The van der Waals surface area contributed by atoms with Crippen molar-refractivity contribution in [1.82, 2.24) is 0 Å². The maximum atomic E-state index is 5.98. The number of hydrogen-bond donors (Lipinski definition) is 1. The van der Waals surface area contributed by atoms with Gasteiger partial charge in [0.15, 0.2) is 0 Å². The molecule has 1 heterocycles. The van der Waals surface area contributed by atoms with E-state index in [1.165, 1.54) is 39.9 Å². The van der Waals surface area contributed by atoms with Gasteiger partial charge in [0.05, 0.1) is 6.10 Å². The molecule has 2 aromatic rings. The second-order valence-electron chi connectivity index (χ2n) is 5.52. The zero-order chi connectivity index (χ0) is 14.7. The van der Waals surface area contributed by atoms with Crippen LogP contribution in [0.3, 0.4) is 0 Å². The van der Waals surface area contributed by atoms with E-state index in [1.807, 2.05) is 11.3 Å². The van der Waals surface area contributed by atoms with Crippen molar-refractivity contribution >= 4 is 33.0 Å². The normalized spacial score (nSPS) is 15.3. The van der Waals surface area contributed by atoms with E-state index in [4.69, 9.17) is 4.74 Å². The fourth-order valence-corrected chi connectivity index (χ4v) is 4.19. The predicted molar refractivity (Wildman–Crippen MR) is 93.4 cm³/mol. The van der Waals surface area contributed by atoms with Crippen LogP contribution in [0.1, 0.15) is 35.4 Å². The summed E-state index contributed by atoms with van der Waals surface area (Å²) in [7, 11) is 0. The maximum absolute atomic E-state index is 5.98. The molecule has 1 aliphatic rings. The van der Waals surface area contributed by atoms with Gasteiger partial charge in [-0.05, 0) is 78.9 Å². The van der Waals surface area contributed by atoms with E-state index < -0.39 is 0 Å². The number of hydrogen-bond acceptors (Lipinski definition) is 3. The smallest absolute Gasteiger partial charge is 0.119 e. The van der Waals surface area contributed by atoms with Gasteiger partial charge in [0.25, 0.3) is 0 Å². The molecule has 0 unspecified atom stereocenters. The lowest BCUT2D eigenvalue weighted by molar-refractivity contribution is 0.210. The summed E-state index contributed by atoms with van der Waals surface area (Å²) in [5.41, 5.74) is 1.14. The van der Waals surface area contributed by atoms with Gasteiger partial charge in [0.2, 0.25) is 0 Å². The summed E-state index contributed by atoms with van der Waals surface area (Å²) in [5, 5.41) is 3.46. The Morgan fingerprint density at radius 3 is 2.57 bits per heavy atom. The van der Waals surface area contributed by atoms with Gasteiger partial charge >= 0.3 is 0 Å². The molecule has 2 nitrogen and oxygen atoms in total. The number of anilines is 1. The molecule has 21 heavy (non-hydrogen) atoms. The lowest BCUT2D eigenvalue weighted by atomic mass is 10.2. The third-order valence-electron chi connectivity index (χ3n) is 3.83. The molecular weight excluding hydrogens is 346 g/mol. The van der Waals surface area contributed by atoms with Crippen molar-refractivity contribution in [3.05, 3.63) is 44.6 Å². The Kier molecular flexibility index (Phi) is 4.86. The summed E-state index contributed by atoms with van der Waals surface area (Å²) in [6.07, 6.45) is 5.44. The molecule has 1 saturated carbocycles. The molecule has 1 aromatic heterocycles. The van der Waals surface area contributed by atoms with Crippen molar-refractivity contribution in [2.75, 3.05) is 5.32 Å². The highest BCUT2D eigenvalue weighted by molar-refractivity contribution is 9.10. The van der Waals surface area contributed by atoms with Crippen molar-refractivity contribution in [1.29, 1.82) is 0 Å². The third kappa shape index (κ3) is 4.01. The molecule has 0 saturated heterocycles. The topological polar surface area (TPSA) is 21.3 Å². The molecule has 1 fully saturated rings. The summed E-state index contributed by atoms with van der Waals surface area (Å²) >= 11 is 5.38. The molecule has 0 atom stereocenters. The van der Waals surface area contributed by atoms with Crippen LogP contribution >= 0.6 is 27.3 Å². The van der Waals surface area contributed by atoms with Crippen molar-refractivity contribution in [2.45, 2.75) is 45.3 Å². The van der Waals surface area contributed by atoms with E-state index in [0.29, 0.717) is 6.10 Å². The first-order valence-corrected chi connectivity index (χ1v) is 9.07. The van der Waals surface area contributed by atoms with Crippen molar-refractivity contribution in [3.8, 4) is 5.75 Å². The molecule has 1 aromatic carbocycles. The number of halogens is 1. The Hall–Kier alpha value is -1.000. The average Bonchev–Trinajstić information content (AvgIpc) is 3.09. The van der Waals surface area contributed by atoms with E-state index in [-0.39, 0.29) is 0 Å². The monoisotopic (exact) mass is 365 g/mol. The van der Waals surface area contributed by atoms with Crippen LogP contribution in [0.15, 0.2) is 34.8 Å². The van der Waals surface area contributed by atoms with Crippen LogP contribution in [-0.2, 0) is 6.54 Å². The lowest BCUT2D eigenvalue weighted by Crippen LogP contribution is -2.10. The number of thiophene rings is 1. The fraction of sp³-hybridized carbons (Fsp3) is 0.412. The fourth-order valence-electron chi connectivity index (χ4n) is 2.64. The van der Waals surface area contributed by atoms with Crippen molar-refractivity contribution in [2.24, 2.45) is 0 Å². The standard InChI is InChI=1S/C17H20BrNOS/c1-12-17(18)10-16(21-12)11-19-13-6-8-15(9-7-13)20-14-4-2-3-5-14/h6-10,14,19H,2-5,11H2,1H3. The largest absolute Gasteiger partial charge is 0.490 e. The Morgan fingerprint density at radius 1 is 1.24 bits per heavy atom. The average molecular weight is 366 g/mol. The molecule has 112 valence electrons. The molecule has 0 radical (unpaired) electrons. The number of aryl methyl sites for hydroxylation is 1. The summed E-state index contributed by atoms with van der Waals surface area (Å²) in [4.78, 5) is 2.66. The minimum absolute atomic E-state index is 0.426. The second-order valence-corrected chi connectivity index (χ2v) is 7.71. The first-order valence-electron chi connectivity index (χ1n) is 7.46. The van der Waals surface area contributed by atoms with Gasteiger partial charge in [-0.3, -0.25) is 0 Å². The summed E-state index contributed by atoms with van der Waals surface area (Å²) in [6, 6.07) is 10.5. The highest BCUT2D eigenvalue weighted by Gasteiger charge is 2.16. The van der Waals surface area contributed by atoms with E-state index >= 15 is 0 Å². The molecule has 0 aliphatic heterocycles. The van der Waals surface area contributed by atoms with Crippen LogP contribution in [0.4, 0.5) is 5.69 Å². The van der Waals surface area contributed by atoms with Gasteiger partial charge in [-0.2, -0.15) is 0 Å². The molecule has 0 spiro atoms.